The minimum Gasteiger partial charge on any atom is -0.351 e. The Hall–Kier alpha value is -2.19. The highest BCUT2D eigenvalue weighted by molar-refractivity contribution is 7.89. The van der Waals surface area contributed by atoms with Crippen molar-refractivity contribution in [2.45, 2.75) is 44.9 Å². The van der Waals surface area contributed by atoms with Crippen molar-refractivity contribution in [3.05, 3.63) is 48.0 Å². The molecule has 29 heavy (non-hydrogen) atoms. The minimum absolute atomic E-state index is 0.146. The Kier molecular flexibility index (Phi) is 7.98. The Labute approximate surface area is 173 Å². The lowest BCUT2D eigenvalue weighted by Gasteiger charge is -2.35. The molecule has 1 aromatic carbocycles. The Balaban J connectivity index is 2.13. The molecule has 0 radical (unpaired) electrons. The summed E-state index contributed by atoms with van der Waals surface area (Å²) in [6.07, 6.45) is 2.59. The highest BCUT2D eigenvalue weighted by Gasteiger charge is 2.36. The number of piperidine rings is 1. The third kappa shape index (κ3) is 5.90. The lowest BCUT2D eigenvalue weighted by atomic mass is 9.89. The molecule has 1 aromatic rings. The molecular weight excluding hydrogens is 390 g/mol. The smallest absolute Gasteiger partial charge is 0.251 e. The summed E-state index contributed by atoms with van der Waals surface area (Å²) in [5.41, 5.74) is 1.45. The van der Waals surface area contributed by atoms with Crippen molar-refractivity contribution in [1.82, 2.24) is 14.9 Å². The lowest BCUT2D eigenvalue weighted by molar-refractivity contribution is -0.124. The number of nitrogens with zero attached hydrogens (tertiary/aromatic N) is 1. The number of carbonyl (C=O) groups is 2. The van der Waals surface area contributed by atoms with E-state index in [1.54, 1.807) is 38.1 Å². The van der Waals surface area contributed by atoms with Gasteiger partial charge in [0.25, 0.3) is 5.91 Å². The molecule has 2 rings (SSSR count). The zero-order chi connectivity index (χ0) is 21.6. The van der Waals surface area contributed by atoms with Crippen LogP contribution in [0.25, 0.3) is 0 Å². The summed E-state index contributed by atoms with van der Waals surface area (Å²) < 4.78 is 26.3. The van der Waals surface area contributed by atoms with Gasteiger partial charge in [-0.05, 0) is 51.7 Å². The summed E-state index contributed by atoms with van der Waals surface area (Å²) in [7, 11) is -3.32. The first-order valence-electron chi connectivity index (χ1n) is 9.92. The normalized spacial score (nSPS) is 17.0. The van der Waals surface area contributed by atoms with E-state index < -0.39 is 21.3 Å². The first-order valence-corrected chi connectivity index (χ1v) is 11.4. The molecule has 2 amide bonds. The zero-order valence-corrected chi connectivity index (χ0v) is 18.2. The number of sulfonamides is 1. The molecule has 8 heteroatoms. The molecule has 1 aliphatic rings. The number of aryl methyl sites for hydroxylation is 1. The molecule has 160 valence electrons. The zero-order valence-electron chi connectivity index (χ0n) is 17.3. The predicted molar refractivity (Wildman–Crippen MR) is 114 cm³/mol. The first kappa shape index (κ1) is 23.1. The molecule has 2 N–H and O–H groups in total. The Morgan fingerprint density at radius 2 is 1.93 bits per heavy atom. The van der Waals surface area contributed by atoms with Gasteiger partial charge >= 0.3 is 0 Å². The largest absolute Gasteiger partial charge is 0.351 e. The molecule has 0 aliphatic carbocycles. The number of benzene rings is 1. The molecule has 1 unspecified atom stereocenters. The van der Waals surface area contributed by atoms with Crippen LogP contribution in [-0.2, 0) is 14.8 Å². The van der Waals surface area contributed by atoms with E-state index in [1.165, 1.54) is 4.31 Å². The van der Waals surface area contributed by atoms with Crippen LogP contribution in [0, 0.1) is 12.8 Å². The maximum absolute atomic E-state index is 12.7. The second-order valence-electron chi connectivity index (χ2n) is 7.68. The highest BCUT2D eigenvalue weighted by atomic mass is 32.2. The topological polar surface area (TPSA) is 95.6 Å². The third-order valence-corrected chi connectivity index (χ3v) is 7.47. The van der Waals surface area contributed by atoms with Gasteiger partial charge in [-0.25, -0.2) is 12.7 Å². The minimum atomic E-state index is -3.32. The van der Waals surface area contributed by atoms with E-state index in [2.05, 4.69) is 17.2 Å². The molecule has 0 spiro atoms. The molecule has 0 aromatic heterocycles. The van der Waals surface area contributed by atoms with Crippen molar-refractivity contribution >= 4 is 21.8 Å². The molecule has 0 bridgehead atoms. The van der Waals surface area contributed by atoms with E-state index in [0.717, 1.165) is 5.56 Å². The summed E-state index contributed by atoms with van der Waals surface area (Å²) in [6, 6.07) is 6.44. The van der Waals surface area contributed by atoms with Gasteiger partial charge in [0.2, 0.25) is 15.9 Å². The van der Waals surface area contributed by atoms with Gasteiger partial charge in [0.15, 0.2) is 0 Å². The summed E-state index contributed by atoms with van der Waals surface area (Å²) in [6.45, 7) is 9.81. The fourth-order valence-corrected chi connectivity index (χ4v) is 4.77. The van der Waals surface area contributed by atoms with Crippen molar-refractivity contribution in [3.63, 3.8) is 0 Å². The standard InChI is InChI=1S/C21H31N3O4S/c1-5-11-22-21(26)19(23-20(25)18-8-6-7-16(4)14-18)17-9-12-24(13-10-17)29(27,28)15(2)3/h5-8,14-15,17,19H,1,9-13H2,2-4H3,(H,22,26)(H,23,25). The van der Waals surface area contributed by atoms with Crippen molar-refractivity contribution in [1.29, 1.82) is 0 Å². The van der Waals surface area contributed by atoms with Gasteiger partial charge in [0, 0.05) is 25.2 Å². The summed E-state index contributed by atoms with van der Waals surface area (Å²) in [4.78, 5) is 25.4. The van der Waals surface area contributed by atoms with Gasteiger partial charge in [-0.3, -0.25) is 9.59 Å². The van der Waals surface area contributed by atoms with Crippen LogP contribution < -0.4 is 10.6 Å². The van der Waals surface area contributed by atoms with Crippen LogP contribution in [0.3, 0.4) is 0 Å². The second kappa shape index (κ2) is 10.0. The van der Waals surface area contributed by atoms with Crippen LogP contribution >= 0.6 is 0 Å². The first-order chi connectivity index (χ1) is 13.7. The van der Waals surface area contributed by atoms with E-state index in [1.807, 2.05) is 13.0 Å². The van der Waals surface area contributed by atoms with Gasteiger partial charge < -0.3 is 10.6 Å². The van der Waals surface area contributed by atoms with Gasteiger partial charge in [-0.2, -0.15) is 0 Å². The van der Waals surface area contributed by atoms with Crippen LogP contribution in [0.2, 0.25) is 0 Å². The van der Waals surface area contributed by atoms with Gasteiger partial charge in [-0.1, -0.05) is 23.8 Å². The Bertz CT molecular complexity index is 843. The predicted octanol–water partition coefficient (Wildman–Crippen LogP) is 1.85. The van der Waals surface area contributed by atoms with Crippen LogP contribution in [0.1, 0.15) is 42.6 Å². The molecule has 1 heterocycles. The fraction of sp³-hybridized carbons (Fsp3) is 0.524. The van der Waals surface area contributed by atoms with Gasteiger partial charge in [0.05, 0.1) is 5.25 Å². The molecule has 1 fully saturated rings. The van der Waals surface area contributed by atoms with Crippen molar-refractivity contribution in [2.24, 2.45) is 5.92 Å². The monoisotopic (exact) mass is 421 g/mol. The number of hydrogen-bond acceptors (Lipinski definition) is 4. The average molecular weight is 422 g/mol. The van der Waals surface area contributed by atoms with E-state index >= 15 is 0 Å². The van der Waals surface area contributed by atoms with Gasteiger partial charge in [-0.15, -0.1) is 6.58 Å². The Morgan fingerprint density at radius 1 is 1.28 bits per heavy atom. The second-order valence-corrected chi connectivity index (χ2v) is 10.2. The van der Waals surface area contributed by atoms with Crippen LogP contribution in [0.5, 0.6) is 0 Å². The third-order valence-electron chi connectivity index (χ3n) is 5.20. The Morgan fingerprint density at radius 3 is 2.48 bits per heavy atom. The molecular formula is C21H31N3O4S. The van der Waals surface area contributed by atoms with Crippen molar-refractivity contribution < 1.29 is 18.0 Å². The SMILES string of the molecule is C=CCNC(=O)C(NC(=O)c1cccc(C)c1)C1CCN(S(=O)(=O)C(C)C)CC1. The molecule has 1 aliphatic heterocycles. The maximum atomic E-state index is 12.7. The number of hydrogen-bond donors (Lipinski definition) is 2. The molecule has 1 atom stereocenters. The highest BCUT2D eigenvalue weighted by Crippen LogP contribution is 2.24. The van der Waals surface area contributed by atoms with Crippen LogP contribution in [-0.4, -0.2) is 55.5 Å². The average Bonchev–Trinajstić information content (AvgIpc) is 2.70. The van der Waals surface area contributed by atoms with Crippen LogP contribution in [0.4, 0.5) is 0 Å². The molecule has 0 saturated carbocycles. The van der Waals surface area contributed by atoms with Crippen molar-refractivity contribution in [2.75, 3.05) is 19.6 Å². The number of rotatable bonds is 8. The number of amides is 2. The number of nitrogens with one attached hydrogen (secondary N) is 2. The quantitative estimate of drug-likeness (QED) is 0.626. The van der Waals surface area contributed by atoms with E-state index in [0.29, 0.717) is 38.0 Å². The van der Waals surface area contributed by atoms with E-state index in [-0.39, 0.29) is 17.7 Å². The lowest BCUT2D eigenvalue weighted by Crippen LogP contribution is -2.54. The van der Waals surface area contributed by atoms with E-state index in [9.17, 15) is 18.0 Å². The molecule has 7 nitrogen and oxygen atoms in total. The van der Waals surface area contributed by atoms with Gasteiger partial charge in [0.1, 0.15) is 6.04 Å². The van der Waals surface area contributed by atoms with E-state index in [4.69, 9.17) is 0 Å². The number of carbonyl (C=O) groups excluding carboxylic acids is 2. The fourth-order valence-electron chi connectivity index (χ4n) is 3.45. The molecule has 1 saturated heterocycles. The summed E-state index contributed by atoms with van der Waals surface area (Å²) >= 11 is 0. The summed E-state index contributed by atoms with van der Waals surface area (Å²) in [5.74, 6) is -0.743. The van der Waals surface area contributed by atoms with Crippen LogP contribution in [0.15, 0.2) is 36.9 Å². The van der Waals surface area contributed by atoms with Crippen molar-refractivity contribution in [3.8, 4) is 0 Å². The summed E-state index contributed by atoms with van der Waals surface area (Å²) in [5, 5.41) is 5.14. The maximum Gasteiger partial charge on any atom is 0.251 e.